The van der Waals surface area contributed by atoms with Crippen molar-refractivity contribution in [2.24, 2.45) is 5.92 Å². The van der Waals surface area contributed by atoms with Gasteiger partial charge in [0.25, 0.3) is 0 Å². The van der Waals surface area contributed by atoms with Gasteiger partial charge in [0.15, 0.2) is 21.3 Å². The normalized spacial score (nSPS) is 15.3. The first-order chi connectivity index (χ1) is 11.3. The smallest absolute Gasteiger partial charge is 0.227 e. The Morgan fingerprint density at radius 1 is 1.21 bits per heavy atom. The highest BCUT2D eigenvalue weighted by Gasteiger charge is 2.39. The maximum Gasteiger partial charge on any atom is 0.227 e. The minimum Gasteiger partial charge on any atom is -0.493 e. The predicted octanol–water partition coefficient (Wildman–Crippen LogP) is 1.53. The van der Waals surface area contributed by atoms with Crippen LogP contribution in [0.25, 0.3) is 0 Å². The van der Waals surface area contributed by atoms with E-state index in [1.54, 1.807) is 31.3 Å². The largest absolute Gasteiger partial charge is 0.493 e. The summed E-state index contributed by atoms with van der Waals surface area (Å²) in [6.45, 7) is 4.36. The van der Waals surface area contributed by atoms with Crippen molar-refractivity contribution in [3.05, 3.63) is 23.8 Å². The van der Waals surface area contributed by atoms with Crippen molar-refractivity contribution in [3.63, 3.8) is 0 Å². The lowest BCUT2D eigenvalue weighted by Crippen LogP contribution is -2.58. The van der Waals surface area contributed by atoms with E-state index in [0.717, 1.165) is 5.56 Å². The number of methoxy groups -OCH3 is 2. The van der Waals surface area contributed by atoms with E-state index in [1.807, 2.05) is 19.9 Å². The highest BCUT2D eigenvalue weighted by atomic mass is 32.2. The number of amides is 1. The van der Waals surface area contributed by atoms with E-state index >= 15 is 0 Å². The van der Waals surface area contributed by atoms with Gasteiger partial charge in [-0.1, -0.05) is 19.9 Å². The minimum absolute atomic E-state index is 0.0711. The number of sulfone groups is 1. The lowest BCUT2D eigenvalue weighted by molar-refractivity contribution is -0.133. The molecule has 1 aromatic rings. The van der Waals surface area contributed by atoms with Gasteiger partial charge in [0.05, 0.1) is 31.6 Å². The second-order valence-electron chi connectivity index (χ2n) is 6.51. The highest BCUT2D eigenvalue weighted by Crippen LogP contribution is 2.28. The molecule has 0 unspecified atom stereocenters. The summed E-state index contributed by atoms with van der Waals surface area (Å²) in [6, 6.07) is 5.34. The number of carbonyl (C=O) groups is 1. The monoisotopic (exact) mass is 355 g/mol. The number of carbonyl (C=O) groups excluding carboxylic acids is 1. The average Bonchev–Trinajstić information content (AvgIpc) is 2.43. The number of likely N-dealkylation sites (tertiary alicyclic amines) is 1. The molecule has 1 aliphatic heterocycles. The number of hydrogen-bond donors (Lipinski definition) is 0. The molecule has 1 heterocycles. The van der Waals surface area contributed by atoms with Crippen molar-refractivity contribution >= 4 is 15.7 Å². The molecule has 0 radical (unpaired) electrons. The highest BCUT2D eigenvalue weighted by molar-refractivity contribution is 7.92. The summed E-state index contributed by atoms with van der Waals surface area (Å²) in [4.78, 5) is 13.9. The Kier molecular flexibility index (Phi) is 5.74. The van der Waals surface area contributed by atoms with E-state index in [-0.39, 0.29) is 24.0 Å². The van der Waals surface area contributed by atoms with Gasteiger partial charge in [0, 0.05) is 13.1 Å². The Balaban J connectivity index is 1.94. The van der Waals surface area contributed by atoms with Gasteiger partial charge in [-0.3, -0.25) is 4.79 Å². The molecule has 0 aliphatic carbocycles. The quantitative estimate of drug-likeness (QED) is 0.742. The first-order valence-electron chi connectivity index (χ1n) is 7.97. The van der Waals surface area contributed by atoms with Crippen LogP contribution in [0.2, 0.25) is 0 Å². The molecule has 2 rings (SSSR count). The third kappa shape index (κ3) is 4.20. The molecule has 1 fully saturated rings. The van der Waals surface area contributed by atoms with Crippen LogP contribution in [0.5, 0.6) is 11.5 Å². The second kappa shape index (κ2) is 7.42. The van der Waals surface area contributed by atoms with Gasteiger partial charge in [0.1, 0.15) is 0 Å². The van der Waals surface area contributed by atoms with E-state index in [2.05, 4.69) is 0 Å². The molecule has 1 aromatic carbocycles. The molecule has 134 valence electrons. The van der Waals surface area contributed by atoms with Gasteiger partial charge < -0.3 is 14.4 Å². The predicted molar refractivity (Wildman–Crippen MR) is 92.2 cm³/mol. The zero-order valence-electron chi connectivity index (χ0n) is 14.6. The first kappa shape index (κ1) is 18.6. The van der Waals surface area contributed by atoms with Crippen molar-refractivity contribution in [2.75, 3.05) is 33.1 Å². The molecule has 0 saturated carbocycles. The van der Waals surface area contributed by atoms with E-state index in [0.29, 0.717) is 24.6 Å². The molecule has 0 atom stereocenters. The molecular formula is C17H25NO5S. The van der Waals surface area contributed by atoms with Crippen LogP contribution >= 0.6 is 0 Å². The Morgan fingerprint density at radius 2 is 1.83 bits per heavy atom. The maximum absolute atomic E-state index is 12.3. The molecule has 24 heavy (non-hydrogen) atoms. The molecule has 7 heteroatoms. The number of ether oxygens (including phenoxy) is 2. The zero-order valence-corrected chi connectivity index (χ0v) is 15.4. The topological polar surface area (TPSA) is 72.9 Å². The molecule has 0 bridgehead atoms. The van der Waals surface area contributed by atoms with Crippen LogP contribution in [0.15, 0.2) is 18.2 Å². The molecule has 1 amide bonds. The van der Waals surface area contributed by atoms with Crippen molar-refractivity contribution in [3.8, 4) is 11.5 Å². The number of rotatable bonds is 7. The van der Waals surface area contributed by atoms with Crippen LogP contribution in [0.1, 0.15) is 19.4 Å². The van der Waals surface area contributed by atoms with Crippen LogP contribution in [0.4, 0.5) is 0 Å². The summed E-state index contributed by atoms with van der Waals surface area (Å²) in [6.07, 6.45) is 0.220. The number of benzene rings is 1. The summed E-state index contributed by atoms with van der Waals surface area (Å²) in [7, 11) is -0.0114. The summed E-state index contributed by atoms with van der Waals surface area (Å²) in [5.74, 6) is 1.39. The molecule has 6 nitrogen and oxygen atoms in total. The molecular weight excluding hydrogens is 330 g/mol. The van der Waals surface area contributed by atoms with Crippen molar-refractivity contribution < 1.29 is 22.7 Å². The Bertz CT molecular complexity index is 693. The van der Waals surface area contributed by atoms with Gasteiger partial charge in [-0.25, -0.2) is 8.42 Å². The fourth-order valence-electron chi connectivity index (χ4n) is 2.75. The lowest BCUT2D eigenvalue weighted by Gasteiger charge is -2.39. The Morgan fingerprint density at radius 3 is 2.38 bits per heavy atom. The van der Waals surface area contributed by atoms with Crippen molar-refractivity contribution in [2.45, 2.75) is 25.5 Å². The fraction of sp³-hybridized carbons (Fsp3) is 0.588. The molecule has 1 aliphatic rings. The number of nitrogens with zero attached hydrogens (tertiary/aromatic N) is 1. The Labute approximate surface area is 143 Å². The maximum atomic E-state index is 12.3. The molecule has 0 N–H and O–H groups in total. The SMILES string of the molecule is COc1ccc(CC(=O)N2CC(S(=O)(=O)CC(C)C)C2)cc1OC. The van der Waals surface area contributed by atoms with E-state index in [9.17, 15) is 13.2 Å². The van der Waals surface area contributed by atoms with Crippen LogP contribution in [-0.4, -0.2) is 57.5 Å². The fourth-order valence-corrected chi connectivity index (χ4v) is 4.76. The summed E-state index contributed by atoms with van der Waals surface area (Å²) >= 11 is 0. The Hall–Kier alpha value is -1.76. The molecule has 0 aromatic heterocycles. The minimum atomic E-state index is -3.11. The summed E-state index contributed by atoms with van der Waals surface area (Å²) in [5, 5.41) is -0.422. The van der Waals surface area contributed by atoms with Crippen molar-refractivity contribution in [1.82, 2.24) is 4.90 Å². The van der Waals surface area contributed by atoms with Crippen LogP contribution in [-0.2, 0) is 21.1 Å². The summed E-state index contributed by atoms with van der Waals surface area (Å²) in [5.41, 5.74) is 0.811. The van der Waals surface area contributed by atoms with Gasteiger partial charge in [0.2, 0.25) is 5.91 Å². The van der Waals surface area contributed by atoms with Gasteiger partial charge in [-0.15, -0.1) is 0 Å². The van der Waals surface area contributed by atoms with E-state index in [1.165, 1.54) is 0 Å². The standard InChI is InChI=1S/C17H25NO5S/c1-12(2)11-24(20,21)14-9-18(10-14)17(19)8-13-5-6-15(22-3)16(7-13)23-4/h5-7,12,14H,8-11H2,1-4H3. The third-order valence-corrected chi connectivity index (χ3v) is 6.52. The zero-order chi connectivity index (χ0) is 17.9. The van der Waals surface area contributed by atoms with Gasteiger partial charge in [-0.2, -0.15) is 0 Å². The van der Waals surface area contributed by atoms with Crippen LogP contribution in [0, 0.1) is 5.92 Å². The molecule has 1 saturated heterocycles. The molecule has 0 spiro atoms. The van der Waals surface area contributed by atoms with Crippen LogP contribution < -0.4 is 9.47 Å². The lowest BCUT2D eigenvalue weighted by atomic mass is 10.1. The first-order valence-corrected chi connectivity index (χ1v) is 9.68. The van der Waals surface area contributed by atoms with Crippen molar-refractivity contribution in [1.29, 1.82) is 0 Å². The average molecular weight is 355 g/mol. The van der Waals surface area contributed by atoms with E-state index < -0.39 is 15.1 Å². The third-order valence-electron chi connectivity index (χ3n) is 4.08. The van der Waals surface area contributed by atoms with Crippen LogP contribution in [0.3, 0.4) is 0 Å². The van der Waals surface area contributed by atoms with E-state index in [4.69, 9.17) is 9.47 Å². The second-order valence-corrected chi connectivity index (χ2v) is 8.84. The van der Waals surface area contributed by atoms with Gasteiger partial charge in [-0.05, 0) is 23.6 Å². The van der Waals surface area contributed by atoms with Gasteiger partial charge >= 0.3 is 0 Å². The number of hydrogen-bond acceptors (Lipinski definition) is 5. The summed E-state index contributed by atoms with van der Waals surface area (Å²) < 4.78 is 34.7.